The van der Waals surface area contributed by atoms with Crippen LogP contribution in [0.5, 0.6) is 5.75 Å². The van der Waals surface area contributed by atoms with Gasteiger partial charge >= 0.3 is 0 Å². The Labute approximate surface area is 183 Å². The fourth-order valence-corrected chi connectivity index (χ4v) is 5.15. The molecule has 2 aromatic carbocycles. The molecule has 1 aliphatic rings. The maximum absolute atomic E-state index is 10.1. The van der Waals surface area contributed by atoms with E-state index in [2.05, 4.69) is 67.2 Å². The van der Waals surface area contributed by atoms with E-state index in [1.807, 2.05) is 12.1 Å². The Morgan fingerprint density at radius 2 is 1.67 bits per heavy atom. The van der Waals surface area contributed by atoms with Gasteiger partial charge in [-0.05, 0) is 82.4 Å². The van der Waals surface area contributed by atoms with Gasteiger partial charge < -0.3 is 10.0 Å². The molecule has 1 saturated carbocycles. The van der Waals surface area contributed by atoms with Crippen molar-refractivity contribution in [2.75, 3.05) is 27.2 Å². The van der Waals surface area contributed by atoms with Crippen LogP contribution in [0.3, 0.4) is 0 Å². The normalized spacial score (nSPS) is 22.0. The molecule has 3 heteroatoms. The lowest BCUT2D eigenvalue weighted by atomic mass is 9.73. The summed E-state index contributed by atoms with van der Waals surface area (Å²) in [7, 11) is 4.58. The SMILES string of the molecule is CCCCCN(C)C1(c2cccc(O)c2)CCC(N(C)CCc2ccccc2)CC1. The maximum atomic E-state index is 10.1. The molecule has 0 radical (unpaired) electrons. The van der Waals surface area contributed by atoms with Crippen molar-refractivity contribution in [1.29, 1.82) is 0 Å². The Morgan fingerprint density at radius 3 is 2.33 bits per heavy atom. The van der Waals surface area contributed by atoms with Crippen LogP contribution in [0, 0.1) is 0 Å². The molecule has 0 aromatic heterocycles. The van der Waals surface area contributed by atoms with E-state index in [1.165, 1.54) is 43.2 Å². The van der Waals surface area contributed by atoms with Crippen LogP contribution in [-0.4, -0.2) is 48.1 Å². The molecular weight excluding hydrogens is 368 g/mol. The number of likely N-dealkylation sites (N-methyl/N-ethyl adjacent to an activating group) is 1. The van der Waals surface area contributed by atoms with E-state index in [4.69, 9.17) is 0 Å². The Morgan fingerprint density at radius 1 is 0.933 bits per heavy atom. The highest BCUT2D eigenvalue weighted by atomic mass is 16.3. The molecule has 0 amide bonds. The van der Waals surface area contributed by atoms with E-state index in [0.717, 1.165) is 32.4 Å². The van der Waals surface area contributed by atoms with E-state index < -0.39 is 0 Å². The quantitative estimate of drug-likeness (QED) is 0.501. The lowest BCUT2D eigenvalue weighted by Crippen LogP contribution is -2.50. The topological polar surface area (TPSA) is 26.7 Å². The van der Waals surface area contributed by atoms with Crippen LogP contribution in [0.25, 0.3) is 0 Å². The minimum absolute atomic E-state index is 0.0449. The molecule has 3 rings (SSSR count). The van der Waals surface area contributed by atoms with E-state index in [1.54, 1.807) is 6.07 Å². The van der Waals surface area contributed by atoms with Crippen molar-refractivity contribution >= 4 is 0 Å². The number of phenolic OH excluding ortho intramolecular Hbond substituents is 1. The molecule has 1 N–H and O–H groups in total. The van der Waals surface area contributed by atoms with Crippen molar-refractivity contribution in [2.24, 2.45) is 0 Å². The number of unbranched alkanes of at least 4 members (excludes halogenated alkanes) is 2. The smallest absolute Gasteiger partial charge is 0.115 e. The van der Waals surface area contributed by atoms with Gasteiger partial charge in [-0.25, -0.2) is 0 Å². The summed E-state index contributed by atoms with van der Waals surface area (Å²) in [5.74, 6) is 0.385. The molecule has 0 saturated heterocycles. The molecule has 0 heterocycles. The molecule has 1 aliphatic carbocycles. The number of nitrogens with zero attached hydrogens (tertiary/aromatic N) is 2. The van der Waals surface area contributed by atoms with E-state index in [9.17, 15) is 5.11 Å². The average Bonchev–Trinajstić information content (AvgIpc) is 2.78. The molecular formula is C27H40N2O. The molecule has 0 unspecified atom stereocenters. The summed E-state index contributed by atoms with van der Waals surface area (Å²) in [6, 6.07) is 19.5. The van der Waals surface area contributed by atoms with Gasteiger partial charge in [-0.1, -0.05) is 62.2 Å². The fraction of sp³-hybridized carbons (Fsp3) is 0.556. The Kier molecular flexibility index (Phi) is 8.35. The van der Waals surface area contributed by atoms with Gasteiger partial charge in [0.05, 0.1) is 0 Å². The van der Waals surface area contributed by atoms with Crippen LogP contribution in [0.2, 0.25) is 0 Å². The van der Waals surface area contributed by atoms with E-state index in [0.29, 0.717) is 11.8 Å². The van der Waals surface area contributed by atoms with Crippen molar-refractivity contribution < 1.29 is 5.11 Å². The first-order valence-electron chi connectivity index (χ1n) is 11.8. The van der Waals surface area contributed by atoms with Crippen LogP contribution in [0.15, 0.2) is 54.6 Å². The van der Waals surface area contributed by atoms with Crippen molar-refractivity contribution in [3.05, 3.63) is 65.7 Å². The number of hydrogen-bond acceptors (Lipinski definition) is 3. The predicted molar refractivity (Wildman–Crippen MR) is 127 cm³/mol. The largest absolute Gasteiger partial charge is 0.508 e. The highest BCUT2D eigenvalue weighted by molar-refractivity contribution is 5.33. The molecule has 164 valence electrons. The molecule has 0 spiro atoms. The zero-order chi connectivity index (χ0) is 21.4. The minimum Gasteiger partial charge on any atom is -0.508 e. The third-order valence-corrected chi connectivity index (χ3v) is 7.21. The molecule has 2 aromatic rings. The van der Waals surface area contributed by atoms with Gasteiger partial charge in [0.2, 0.25) is 0 Å². The van der Waals surface area contributed by atoms with E-state index >= 15 is 0 Å². The molecule has 0 atom stereocenters. The van der Waals surface area contributed by atoms with Crippen LogP contribution in [0.1, 0.15) is 63.0 Å². The third kappa shape index (κ3) is 5.65. The van der Waals surface area contributed by atoms with Crippen LogP contribution < -0.4 is 0 Å². The predicted octanol–water partition coefficient (Wildman–Crippen LogP) is 5.83. The van der Waals surface area contributed by atoms with Gasteiger partial charge in [-0.15, -0.1) is 0 Å². The second kappa shape index (κ2) is 11.0. The van der Waals surface area contributed by atoms with Crippen molar-refractivity contribution in [3.8, 4) is 5.75 Å². The van der Waals surface area contributed by atoms with Gasteiger partial charge in [-0.3, -0.25) is 4.90 Å². The number of hydrogen-bond donors (Lipinski definition) is 1. The molecule has 3 nitrogen and oxygen atoms in total. The monoisotopic (exact) mass is 408 g/mol. The van der Waals surface area contributed by atoms with Crippen LogP contribution in [0.4, 0.5) is 0 Å². The van der Waals surface area contributed by atoms with Gasteiger partial charge in [0.1, 0.15) is 5.75 Å². The number of phenols is 1. The standard InChI is InChI=1S/C27H40N2O/c1-4-5-9-20-29(3)27(24-13-10-14-26(30)22-24)18-15-25(16-19-27)28(2)21-17-23-11-7-6-8-12-23/h6-8,10-14,22,25,30H,4-5,9,15-21H2,1-3H3. The van der Waals surface area contributed by atoms with Crippen molar-refractivity contribution in [2.45, 2.75) is 69.9 Å². The van der Waals surface area contributed by atoms with Gasteiger partial charge in [0.25, 0.3) is 0 Å². The first-order valence-corrected chi connectivity index (χ1v) is 11.8. The highest BCUT2D eigenvalue weighted by Crippen LogP contribution is 2.43. The lowest BCUT2D eigenvalue weighted by molar-refractivity contribution is 0.0386. The van der Waals surface area contributed by atoms with Gasteiger partial charge in [-0.2, -0.15) is 0 Å². The fourth-order valence-electron chi connectivity index (χ4n) is 5.15. The molecule has 0 bridgehead atoms. The third-order valence-electron chi connectivity index (χ3n) is 7.21. The Balaban J connectivity index is 1.66. The van der Waals surface area contributed by atoms with Crippen molar-refractivity contribution in [3.63, 3.8) is 0 Å². The summed E-state index contributed by atoms with van der Waals surface area (Å²) in [6.07, 6.45) is 9.61. The summed E-state index contributed by atoms with van der Waals surface area (Å²) in [6.45, 7) is 4.50. The second-order valence-electron chi connectivity index (χ2n) is 9.16. The molecule has 0 aliphatic heterocycles. The van der Waals surface area contributed by atoms with Gasteiger partial charge in [0, 0.05) is 18.1 Å². The molecule has 30 heavy (non-hydrogen) atoms. The number of aromatic hydroxyl groups is 1. The van der Waals surface area contributed by atoms with Crippen LogP contribution >= 0.6 is 0 Å². The maximum Gasteiger partial charge on any atom is 0.115 e. The number of rotatable bonds is 10. The number of benzene rings is 2. The summed E-state index contributed by atoms with van der Waals surface area (Å²) >= 11 is 0. The van der Waals surface area contributed by atoms with Gasteiger partial charge in [0.15, 0.2) is 0 Å². The Bertz CT molecular complexity index is 752. The zero-order valence-corrected chi connectivity index (χ0v) is 19.2. The first kappa shape index (κ1) is 22.8. The van der Waals surface area contributed by atoms with Crippen LogP contribution in [-0.2, 0) is 12.0 Å². The van der Waals surface area contributed by atoms with E-state index in [-0.39, 0.29) is 5.54 Å². The summed E-state index contributed by atoms with van der Waals surface area (Å²) in [4.78, 5) is 5.15. The summed E-state index contributed by atoms with van der Waals surface area (Å²) in [5, 5.41) is 10.1. The molecule has 1 fully saturated rings. The lowest BCUT2D eigenvalue weighted by Gasteiger charge is -2.48. The summed E-state index contributed by atoms with van der Waals surface area (Å²) < 4.78 is 0. The first-order chi connectivity index (χ1) is 14.5. The zero-order valence-electron chi connectivity index (χ0n) is 19.2. The second-order valence-corrected chi connectivity index (χ2v) is 9.16. The Hall–Kier alpha value is -1.84. The average molecular weight is 409 g/mol. The minimum atomic E-state index is 0.0449. The van der Waals surface area contributed by atoms with Crippen molar-refractivity contribution in [1.82, 2.24) is 9.80 Å². The highest BCUT2D eigenvalue weighted by Gasteiger charge is 2.40. The summed E-state index contributed by atoms with van der Waals surface area (Å²) in [5.41, 5.74) is 2.75.